The summed E-state index contributed by atoms with van der Waals surface area (Å²) >= 11 is 0. The molecule has 5 nitrogen and oxygen atoms in total. The lowest BCUT2D eigenvalue weighted by Crippen LogP contribution is -2.70. The molecule has 4 aliphatic heterocycles. The molecule has 0 aromatic heterocycles. The van der Waals surface area contributed by atoms with Crippen LogP contribution in [-0.2, 0) is 10.2 Å². The molecule has 1 aliphatic carbocycles. The first-order valence-corrected chi connectivity index (χ1v) is 9.50. The zero-order valence-electron chi connectivity index (χ0n) is 14.6. The predicted molar refractivity (Wildman–Crippen MR) is 96.5 cm³/mol. The highest BCUT2D eigenvalue weighted by atomic mass is 16.3. The Kier molecular flexibility index (Phi) is 2.71. The van der Waals surface area contributed by atoms with E-state index < -0.39 is 11.1 Å². The predicted octanol–water partition coefficient (Wildman–Crippen LogP) is 1.32. The molecule has 0 radical (unpaired) electrons. The minimum absolute atomic E-state index is 0.0179. The third-order valence-corrected chi connectivity index (χ3v) is 7.55. The van der Waals surface area contributed by atoms with Crippen LogP contribution in [0.25, 0.3) is 0 Å². The van der Waals surface area contributed by atoms with Gasteiger partial charge in [-0.3, -0.25) is 9.69 Å². The van der Waals surface area contributed by atoms with Crippen LogP contribution in [0.15, 0.2) is 47.6 Å². The van der Waals surface area contributed by atoms with Crippen LogP contribution in [0, 0.1) is 5.92 Å². The number of fused-ring (bicyclic) bond motifs is 4. The fourth-order valence-electron chi connectivity index (χ4n) is 6.64. The number of aliphatic hydroxyl groups is 2. The number of para-hydroxylation sites is 1. The van der Waals surface area contributed by atoms with Crippen LogP contribution in [0.3, 0.4) is 0 Å². The van der Waals surface area contributed by atoms with E-state index in [1.54, 1.807) is 0 Å². The number of carbonyl (C=O) groups excluding carboxylic acids is 1. The number of anilines is 1. The smallest absolute Gasteiger partial charge is 0.231 e. The number of carbonyl (C=O) groups is 1. The summed E-state index contributed by atoms with van der Waals surface area (Å²) in [6, 6.07) is 8.05. The Morgan fingerprint density at radius 1 is 1.31 bits per heavy atom. The van der Waals surface area contributed by atoms with Crippen molar-refractivity contribution >= 4 is 11.6 Å². The molecule has 6 rings (SSSR count). The first-order chi connectivity index (χ1) is 12.6. The van der Waals surface area contributed by atoms with E-state index in [0.717, 1.165) is 24.2 Å². The summed E-state index contributed by atoms with van der Waals surface area (Å²) in [6.45, 7) is 1.53. The van der Waals surface area contributed by atoms with E-state index in [1.807, 2.05) is 29.2 Å². The number of aliphatic hydroxyl groups excluding tert-OH is 1. The SMILES string of the molecule is O=C1CC=C2[C@H]3C[C@]4(O)N(CC[C@@]45c4ccccc4N1[C@@H]25)C/C3=C/CO. The molecule has 4 atom stereocenters. The van der Waals surface area contributed by atoms with Crippen molar-refractivity contribution in [2.24, 2.45) is 5.92 Å². The first-order valence-electron chi connectivity index (χ1n) is 9.50. The molecule has 5 aliphatic rings. The van der Waals surface area contributed by atoms with Gasteiger partial charge in [-0.2, -0.15) is 0 Å². The monoisotopic (exact) mass is 350 g/mol. The Morgan fingerprint density at radius 3 is 3.00 bits per heavy atom. The van der Waals surface area contributed by atoms with Crippen molar-refractivity contribution in [3.8, 4) is 0 Å². The summed E-state index contributed by atoms with van der Waals surface area (Å²) in [5.41, 5.74) is 3.19. The van der Waals surface area contributed by atoms with E-state index in [2.05, 4.69) is 17.0 Å². The standard InChI is InChI=1S/C21H22N2O3/c24-10-7-13-12-22-9-8-20-16-3-1-2-4-17(16)23-18(25)6-5-14(19(20)23)15(13)11-21(20,22)26/h1-5,7,15,19,24,26H,6,8-12H2/b13-7-/t15-,19-,20-,21+/m0/s1. The fourth-order valence-corrected chi connectivity index (χ4v) is 6.64. The van der Waals surface area contributed by atoms with Crippen LogP contribution in [0.4, 0.5) is 5.69 Å². The molecule has 2 N–H and O–H groups in total. The molecular weight excluding hydrogens is 328 g/mol. The topological polar surface area (TPSA) is 64.0 Å². The summed E-state index contributed by atoms with van der Waals surface area (Å²) in [5.74, 6) is 0.238. The van der Waals surface area contributed by atoms with Crippen LogP contribution < -0.4 is 4.90 Å². The third kappa shape index (κ3) is 1.42. The normalized spacial score (nSPS) is 41.3. The van der Waals surface area contributed by atoms with Crippen molar-refractivity contribution in [3.05, 3.63) is 53.1 Å². The van der Waals surface area contributed by atoms with E-state index in [-0.39, 0.29) is 24.5 Å². The minimum Gasteiger partial charge on any atom is -0.392 e. The average molecular weight is 350 g/mol. The van der Waals surface area contributed by atoms with Gasteiger partial charge in [-0.25, -0.2) is 0 Å². The molecule has 1 aromatic rings. The third-order valence-electron chi connectivity index (χ3n) is 7.55. The maximum absolute atomic E-state index is 12.9. The van der Waals surface area contributed by atoms with Gasteiger partial charge in [0, 0.05) is 37.5 Å². The number of benzene rings is 1. The number of amides is 1. The van der Waals surface area contributed by atoms with E-state index in [1.165, 1.54) is 11.1 Å². The van der Waals surface area contributed by atoms with E-state index >= 15 is 0 Å². The highest BCUT2D eigenvalue weighted by molar-refractivity contribution is 6.01. The number of hydrogen-bond donors (Lipinski definition) is 2. The fraction of sp³-hybridized carbons (Fsp3) is 0.476. The summed E-state index contributed by atoms with van der Waals surface area (Å²) in [5, 5.41) is 21.5. The lowest BCUT2D eigenvalue weighted by molar-refractivity contribution is -0.159. The van der Waals surface area contributed by atoms with Gasteiger partial charge in [0.25, 0.3) is 0 Å². The summed E-state index contributed by atoms with van der Waals surface area (Å²) < 4.78 is 0. The summed E-state index contributed by atoms with van der Waals surface area (Å²) in [6.07, 6.45) is 5.93. The van der Waals surface area contributed by atoms with Gasteiger partial charge in [0.1, 0.15) is 5.72 Å². The molecule has 3 fully saturated rings. The van der Waals surface area contributed by atoms with Gasteiger partial charge in [0.05, 0.1) is 18.1 Å². The maximum atomic E-state index is 12.9. The molecular formula is C21H22N2O3. The molecule has 134 valence electrons. The Hall–Kier alpha value is -1.95. The Bertz CT molecular complexity index is 906. The Labute approximate surface area is 152 Å². The van der Waals surface area contributed by atoms with Gasteiger partial charge in [0.2, 0.25) is 5.91 Å². The Balaban J connectivity index is 1.67. The van der Waals surface area contributed by atoms with Crippen LogP contribution in [0.1, 0.15) is 24.8 Å². The van der Waals surface area contributed by atoms with Gasteiger partial charge in [-0.15, -0.1) is 0 Å². The molecule has 26 heavy (non-hydrogen) atoms. The van der Waals surface area contributed by atoms with E-state index in [0.29, 0.717) is 19.4 Å². The molecule has 2 bridgehead atoms. The van der Waals surface area contributed by atoms with Crippen molar-refractivity contribution in [1.29, 1.82) is 0 Å². The molecule has 1 saturated carbocycles. The second-order valence-electron chi connectivity index (χ2n) is 8.27. The zero-order valence-corrected chi connectivity index (χ0v) is 14.6. The van der Waals surface area contributed by atoms with Crippen molar-refractivity contribution in [3.63, 3.8) is 0 Å². The van der Waals surface area contributed by atoms with Crippen LogP contribution in [0.2, 0.25) is 0 Å². The molecule has 4 heterocycles. The number of piperidine rings is 1. The zero-order chi connectivity index (χ0) is 17.7. The number of rotatable bonds is 1. The van der Waals surface area contributed by atoms with Gasteiger partial charge < -0.3 is 15.1 Å². The average Bonchev–Trinajstić information content (AvgIpc) is 3.13. The summed E-state index contributed by atoms with van der Waals surface area (Å²) in [7, 11) is 0. The Morgan fingerprint density at radius 2 is 2.15 bits per heavy atom. The van der Waals surface area contributed by atoms with E-state index in [9.17, 15) is 15.0 Å². The molecule has 2 saturated heterocycles. The van der Waals surface area contributed by atoms with Crippen LogP contribution in [0.5, 0.6) is 0 Å². The molecule has 1 amide bonds. The molecule has 5 heteroatoms. The molecule has 1 aromatic carbocycles. The van der Waals surface area contributed by atoms with Gasteiger partial charge in [-0.05, 0) is 23.6 Å². The quantitative estimate of drug-likeness (QED) is 0.750. The highest BCUT2D eigenvalue weighted by Gasteiger charge is 2.74. The number of hydrogen-bond acceptors (Lipinski definition) is 4. The summed E-state index contributed by atoms with van der Waals surface area (Å²) in [4.78, 5) is 17.1. The second-order valence-corrected chi connectivity index (χ2v) is 8.27. The van der Waals surface area contributed by atoms with Gasteiger partial charge in [0.15, 0.2) is 0 Å². The van der Waals surface area contributed by atoms with Gasteiger partial charge in [-0.1, -0.05) is 35.9 Å². The maximum Gasteiger partial charge on any atom is 0.231 e. The van der Waals surface area contributed by atoms with E-state index in [4.69, 9.17) is 0 Å². The van der Waals surface area contributed by atoms with Crippen molar-refractivity contribution < 1.29 is 15.0 Å². The van der Waals surface area contributed by atoms with Crippen LogP contribution in [-0.4, -0.2) is 52.5 Å². The lowest BCUT2D eigenvalue weighted by Gasteiger charge is -2.59. The number of nitrogens with zero attached hydrogens (tertiary/aromatic N) is 2. The molecule has 0 unspecified atom stereocenters. The van der Waals surface area contributed by atoms with Crippen LogP contribution >= 0.6 is 0 Å². The highest BCUT2D eigenvalue weighted by Crippen LogP contribution is 2.67. The first kappa shape index (κ1) is 15.1. The largest absolute Gasteiger partial charge is 0.392 e. The van der Waals surface area contributed by atoms with Gasteiger partial charge >= 0.3 is 0 Å². The minimum atomic E-state index is -0.936. The molecule has 1 spiro atoms. The lowest BCUT2D eigenvalue weighted by atomic mass is 9.55. The van der Waals surface area contributed by atoms with Crippen molar-refractivity contribution in [1.82, 2.24) is 4.90 Å². The van der Waals surface area contributed by atoms with Crippen molar-refractivity contribution in [2.75, 3.05) is 24.6 Å². The van der Waals surface area contributed by atoms with Crippen molar-refractivity contribution in [2.45, 2.75) is 36.4 Å². The second kappa shape index (κ2) is 4.66.